The number of carbonyl (C=O) groups excluding carboxylic acids is 2. The van der Waals surface area contributed by atoms with Crippen molar-refractivity contribution in [2.45, 2.75) is 69.0 Å². The Morgan fingerprint density at radius 2 is 1.52 bits per heavy atom. The van der Waals surface area contributed by atoms with Gasteiger partial charge in [0, 0.05) is 24.0 Å². The average Bonchev–Trinajstić information content (AvgIpc) is 3.10. The number of hydrogen-bond donors (Lipinski definition) is 1. The van der Waals surface area contributed by atoms with E-state index in [4.69, 9.17) is 16.3 Å². The van der Waals surface area contributed by atoms with Gasteiger partial charge in [0.2, 0.25) is 11.8 Å². The van der Waals surface area contributed by atoms with Crippen LogP contribution in [0.25, 0.3) is 0 Å². The number of hydrogen-bond acceptors (Lipinski definition) is 5. The normalized spacial score (nSPS) is 14.1. The van der Waals surface area contributed by atoms with Crippen LogP contribution in [0.15, 0.2) is 108 Å². The van der Waals surface area contributed by atoms with Crippen LogP contribution in [0, 0.1) is 6.92 Å². The fourth-order valence-electron chi connectivity index (χ4n) is 6.02. The highest BCUT2D eigenvalue weighted by Crippen LogP contribution is 2.28. The lowest BCUT2D eigenvalue weighted by Gasteiger charge is -2.35. The van der Waals surface area contributed by atoms with Crippen LogP contribution < -0.4 is 14.4 Å². The molecule has 1 aliphatic rings. The minimum atomic E-state index is -4.23. The Morgan fingerprint density at radius 1 is 0.875 bits per heavy atom. The monoisotopic (exact) mass is 687 g/mol. The molecule has 0 bridgehead atoms. The zero-order valence-electron chi connectivity index (χ0n) is 27.3. The molecule has 0 saturated heterocycles. The second-order valence-corrected chi connectivity index (χ2v) is 14.5. The summed E-state index contributed by atoms with van der Waals surface area (Å²) in [4.78, 5) is 30.4. The Bertz CT molecular complexity index is 1780. The predicted molar refractivity (Wildman–Crippen MR) is 190 cm³/mol. The SMILES string of the molecule is COc1ccc(S(=O)(=O)N(CC(=O)N(Cc2ccccc2Cl)[C@H](Cc2ccccc2)C(=O)NC2CCCCC2)c2ccc(C)cc2)cc1. The molecule has 252 valence electrons. The maximum Gasteiger partial charge on any atom is 0.264 e. The zero-order valence-corrected chi connectivity index (χ0v) is 28.9. The Kier molecular flexibility index (Phi) is 11.8. The minimum Gasteiger partial charge on any atom is -0.497 e. The van der Waals surface area contributed by atoms with Gasteiger partial charge in [0.1, 0.15) is 18.3 Å². The fraction of sp³-hybridized carbons (Fsp3) is 0.316. The molecule has 0 aliphatic heterocycles. The van der Waals surface area contributed by atoms with E-state index in [9.17, 15) is 18.0 Å². The Hall–Kier alpha value is -4.34. The van der Waals surface area contributed by atoms with E-state index in [1.54, 1.807) is 48.5 Å². The van der Waals surface area contributed by atoms with E-state index in [1.165, 1.54) is 24.1 Å². The Morgan fingerprint density at radius 3 is 2.17 bits per heavy atom. The van der Waals surface area contributed by atoms with Crippen LogP contribution >= 0.6 is 11.6 Å². The maximum absolute atomic E-state index is 14.7. The topological polar surface area (TPSA) is 96.0 Å². The summed E-state index contributed by atoms with van der Waals surface area (Å²) in [6, 6.07) is 28.8. The van der Waals surface area contributed by atoms with Crippen LogP contribution in [0.5, 0.6) is 5.75 Å². The van der Waals surface area contributed by atoms with E-state index in [1.807, 2.05) is 49.4 Å². The number of halogens is 1. The Labute approximate surface area is 288 Å². The first-order chi connectivity index (χ1) is 23.2. The molecule has 1 saturated carbocycles. The lowest BCUT2D eigenvalue weighted by Crippen LogP contribution is -2.55. The van der Waals surface area contributed by atoms with E-state index >= 15 is 0 Å². The summed E-state index contributed by atoms with van der Waals surface area (Å²) in [6.45, 7) is 1.38. The number of nitrogens with one attached hydrogen (secondary N) is 1. The molecule has 1 atom stereocenters. The number of nitrogens with zero attached hydrogens (tertiary/aromatic N) is 2. The maximum atomic E-state index is 14.7. The summed E-state index contributed by atoms with van der Waals surface area (Å²) in [5, 5.41) is 3.67. The summed E-state index contributed by atoms with van der Waals surface area (Å²) in [6.07, 6.45) is 5.20. The van der Waals surface area contributed by atoms with Gasteiger partial charge in [-0.2, -0.15) is 0 Å². The van der Waals surface area contributed by atoms with Gasteiger partial charge in [-0.05, 0) is 73.4 Å². The highest BCUT2D eigenvalue weighted by atomic mass is 35.5. The largest absolute Gasteiger partial charge is 0.497 e. The number of sulfonamides is 1. The van der Waals surface area contributed by atoms with E-state index in [0.717, 1.165) is 47.5 Å². The molecule has 1 fully saturated rings. The van der Waals surface area contributed by atoms with E-state index in [0.29, 0.717) is 22.0 Å². The van der Waals surface area contributed by atoms with Crippen LogP contribution in [-0.4, -0.2) is 50.9 Å². The van der Waals surface area contributed by atoms with Gasteiger partial charge < -0.3 is 15.0 Å². The smallest absolute Gasteiger partial charge is 0.264 e. The van der Waals surface area contributed by atoms with Gasteiger partial charge in [-0.25, -0.2) is 8.42 Å². The number of ether oxygens (including phenoxy) is 1. The van der Waals surface area contributed by atoms with Crippen LogP contribution in [-0.2, 0) is 32.6 Å². The molecule has 5 rings (SSSR count). The molecular weight excluding hydrogens is 646 g/mol. The number of rotatable bonds is 13. The summed E-state index contributed by atoms with van der Waals surface area (Å²) in [5.41, 5.74) is 2.79. The number of aryl methyl sites for hydroxylation is 1. The third-order valence-corrected chi connectivity index (χ3v) is 10.9. The predicted octanol–water partition coefficient (Wildman–Crippen LogP) is 6.94. The Balaban J connectivity index is 1.56. The van der Waals surface area contributed by atoms with E-state index in [2.05, 4.69) is 5.32 Å². The van der Waals surface area contributed by atoms with Crippen molar-refractivity contribution >= 4 is 39.1 Å². The third-order valence-electron chi connectivity index (χ3n) is 8.77. The first kappa shape index (κ1) is 35.0. The molecule has 1 N–H and O–H groups in total. The molecule has 1 aliphatic carbocycles. The molecular formula is C38H42ClN3O5S. The molecule has 0 unspecified atom stereocenters. The van der Waals surface area contributed by atoms with Gasteiger partial charge >= 0.3 is 0 Å². The molecule has 0 heterocycles. The molecule has 0 radical (unpaired) electrons. The van der Waals surface area contributed by atoms with Crippen molar-refractivity contribution < 1.29 is 22.7 Å². The van der Waals surface area contributed by atoms with Crippen LogP contribution in [0.3, 0.4) is 0 Å². The van der Waals surface area contributed by atoms with Crippen molar-refractivity contribution in [2.24, 2.45) is 0 Å². The van der Waals surface area contributed by atoms with Crippen molar-refractivity contribution in [3.63, 3.8) is 0 Å². The molecule has 0 spiro atoms. The molecule has 4 aromatic rings. The summed E-state index contributed by atoms with van der Waals surface area (Å²) in [7, 11) is -2.72. The fourth-order valence-corrected chi connectivity index (χ4v) is 7.63. The lowest BCUT2D eigenvalue weighted by atomic mass is 9.94. The molecule has 0 aromatic heterocycles. The molecule has 4 aromatic carbocycles. The minimum absolute atomic E-state index is 0.00482. The number of amides is 2. The van der Waals surface area contributed by atoms with E-state index in [-0.39, 0.29) is 29.8 Å². The second-order valence-electron chi connectivity index (χ2n) is 12.2. The highest BCUT2D eigenvalue weighted by molar-refractivity contribution is 7.92. The van der Waals surface area contributed by atoms with Gasteiger partial charge in [-0.1, -0.05) is 97.1 Å². The average molecular weight is 688 g/mol. The summed E-state index contributed by atoms with van der Waals surface area (Å²) in [5.74, 6) is -0.302. The summed E-state index contributed by atoms with van der Waals surface area (Å²) >= 11 is 6.61. The molecule has 48 heavy (non-hydrogen) atoms. The van der Waals surface area contributed by atoms with Gasteiger partial charge in [0.25, 0.3) is 10.0 Å². The second kappa shape index (κ2) is 16.2. The van der Waals surface area contributed by atoms with Crippen LogP contribution in [0.4, 0.5) is 5.69 Å². The number of carbonyl (C=O) groups is 2. The van der Waals surface area contributed by atoms with Gasteiger partial charge in [-0.15, -0.1) is 0 Å². The van der Waals surface area contributed by atoms with Crippen LogP contribution in [0.2, 0.25) is 5.02 Å². The first-order valence-electron chi connectivity index (χ1n) is 16.3. The number of anilines is 1. The molecule has 2 amide bonds. The quantitative estimate of drug-likeness (QED) is 0.164. The van der Waals surface area contributed by atoms with Crippen molar-refractivity contribution in [1.29, 1.82) is 0 Å². The van der Waals surface area contributed by atoms with Crippen molar-refractivity contribution in [3.8, 4) is 5.75 Å². The molecule has 8 nitrogen and oxygen atoms in total. The van der Waals surface area contributed by atoms with Crippen LogP contribution in [0.1, 0.15) is 48.8 Å². The van der Waals surface area contributed by atoms with Crippen molar-refractivity contribution in [3.05, 3.63) is 125 Å². The lowest BCUT2D eigenvalue weighted by molar-refractivity contribution is -0.140. The van der Waals surface area contributed by atoms with Crippen molar-refractivity contribution in [1.82, 2.24) is 10.2 Å². The zero-order chi connectivity index (χ0) is 34.1. The summed E-state index contributed by atoms with van der Waals surface area (Å²) < 4.78 is 34.9. The third kappa shape index (κ3) is 8.76. The van der Waals surface area contributed by atoms with Gasteiger partial charge in [0.05, 0.1) is 17.7 Å². The highest BCUT2D eigenvalue weighted by Gasteiger charge is 2.35. The first-order valence-corrected chi connectivity index (χ1v) is 18.1. The van der Waals surface area contributed by atoms with E-state index < -0.39 is 28.5 Å². The number of benzene rings is 4. The standard InChI is InChI=1S/C38H42ClN3O5S/c1-28-17-19-32(20-18-28)42(48(45,46)34-23-21-33(47-2)22-24-34)27-37(43)41(26-30-13-9-10-16-35(30)39)36(25-29-11-5-3-6-12-29)38(44)40-31-14-7-4-8-15-31/h3,5-6,9-13,16-24,31,36H,4,7-8,14-15,25-27H2,1-2H3,(H,40,44)/t36-/m1/s1. The molecule has 10 heteroatoms. The van der Waals surface area contributed by atoms with Gasteiger partial charge in [-0.3, -0.25) is 13.9 Å². The number of methoxy groups -OCH3 is 1. The van der Waals surface area contributed by atoms with Gasteiger partial charge in [0.15, 0.2) is 0 Å². The van der Waals surface area contributed by atoms with Crippen molar-refractivity contribution in [2.75, 3.05) is 18.0 Å².